The molecule has 1 heterocycles. The molecule has 5 N–H and O–H groups in total. The molecule has 0 saturated carbocycles. The van der Waals surface area contributed by atoms with Crippen molar-refractivity contribution in [3.63, 3.8) is 0 Å². The van der Waals surface area contributed by atoms with Crippen molar-refractivity contribution in [3.8, 4) is 0 Å². The van der Waals surface area contributed by atoms with Crippen molar-refractivity contribution in [2.45, 2.75) is 12.5 Å². The first-order valence-corrected chi connectivity index (χ1v) is 5.70. The van der Waals surface area contributed by atoms with E-state index in [1.807, 2.05) is 0 Å². The van der Waals surface area contributed by atoms with Gasteiger partial charge in [0.25, 0.3) is 0 Å². The number of nitrogens with zero attached hydrogens (tertiary/aromatic N) is 2. The highest BCUT2D eigenvalue weighted by atomic mass is 19.2. The number of hydrogen-bond acceptors (Lipinski definition) is 4. The summed E-state index contributed by atoms with van der Waals surface area (Å²) in [6.07, 6.45) is 1.98. The average molecular weight is 267 g/mol. The summed E-state index contributed by atoms with van der Waals surface area (Å²) >= 11 is 0. The lowest BCUT2D eigenvalue weighted by atomic mass is 10.0. The molecule has 19 heavy (non-hydrogen) atoms. The topological polar surface area (TPSA) is 81.9 Å². The van der Waals surface area contributed by atoms with Crippen molar-refractivity contribution in [1.82, 2.24) is 15.2 Å². The second-order valence-corrected chi connectivity index (χ2v) is 4.28. The van der Waals surface area contributed by atoms with E-state index in [4.69, 9.17) is 11.6 Å². The highest BCUT2D eigenvalue weighted by Crippen LogP contribution is 2.23. The smallest absolute Gasteiger partial charge is 0.159 e. The van der Waals surface area contributed by atoms with Gasteiger partial charge in [-0.2, -0.15) is 5.10 Å². The van der Waals surface area contributed by atoms with Crippen LogP contribution in [0.1, 0.15) is 17.2 Å². The van der Waals surface area contributed by atoms with Crippen molar-refractivity contribution in [2.24, 2.45) is 12.9 Å². The second-order valence-electron chi connectivity index (χ2n) is 4.28. The van der Waals surface area contributed by atoms with E-state index in [1.165, 1.54) is 10.7 Å². The first-order valence-electron chi connectivity index (χ1n) is 5.70. The number of nitrogens with one attached hydrogen (secondary N) is 1. The largest absolute Gasteiger partial charge is 0.384 e. The standard InChI is InChI=1S/C12H15F2N5/c1-19-12(15)8(6-17-19)11(18-16)5-7-2-3-9(13)10(14)4-7/h2-4,6,11,18H,5,15-16H2,1H3. The van der Waals surface area contributed by atoms with Crippen LogP contribution in [0.2, 0.25) is 0 Å². The number of rotatable bonds is 4. The molecule has 2 aromatic rings. The molecule has 0 radical (unpaired) electrons. The fourth-order valence-electron chi connectivity index (χ4n) is 1.89. The molecular weight excluding hydrogens is 252 g/mol. The monoisotopic (exact) mass is 267 g/mol. The number of aryl methyl sites for hydroxylation is 1. The summed E-state index contributed by atoms with van der Waals surface area (Å²) in [5.74, 6) is 4.21. The van der Waals surface area contributed by atoms with E-state index in [9.17, 15) is 8.78 Å². The molecule has 2 rings (SSSR count). The van der Waals surface area contributed by atoms with Crippen LogP contribution in [0.15, 0.2) is 24.4 Å². The van der Waals surface area contributed by atoms with E-state index in [0.29, 0.717) is 17.8 Å². The fraction of sp³-hybridized carbons (Fsp3) is 0.250. The summed E-state index contributed by atoms with van der Waals surface area (Å²) < 4.78 is 27.5. The van der Waals surface area contributed by atoms with Crippen LogP contribution in [0.25, 0.3) is 0 Å². The number of nitrogen functional groups attached to an aromatic ring is 1. The maximum absolute atomic E-state index is 13.2. The van der Waals surface area contributed by atoms with Gasteiger partial charge in [0.15, 0.2) is 11.6 Å². The van der Waals surface area contributed by atoms with Crippen LogP contribution in [0, 0.1) is 11.6 Å². The van der Waals surface area contributed by atoms with E-state index >= 15 is 0 Å². The molecule has 1 aromatic carbocycles. The summed E-state index contributed by atoms with van der Waals surface area (Å²) in [6, 6.07) is 3.42. The molecule has 102 valence electrons. The SMILES string of the molecule is Cn1ncc(C(Cc2ccc(F)c(F)c2)NN)c1N. The number of anilines is 1. The Hall–Kier alpha value is -1.99. The van der Waals surface area contributed by atoms with Crippen LogP contribution < -0.4 is 17.0 Å². The normalized spacial score (nSPS) is 12.6. The first-order chi connectivity index (χ1) is 9.02. The maximum atomic E-state index is 13.2. The zero-order valence-corrected chi connectivity index (χ0v) is 10.4. The Morgan fingerprint density at radius 1 is 1.37 bits per heavy atom. The minimum absolute atomic E-state index is 0.321. The third-order valence-electron chi connectivity index (χ3n) is 3.01. The minimum Gasteiger partial charge on any atom is -0.384 e. The van der Waals surface area contributed by atoms with Gasteiger partial charge in [-0.1, -0.05) is 6.07 Å². The molecule has 1 unspecified atom stereocenters. The number of nitrogens with two attached hydrogens (primary N) is 2. The van der Waals surface area contributed by atoms with Crippen molar-refractivity contribution in [1.29, 1.82) is 0 Å². The molecule has 1 aromatic heterocycles. The summed E-state index contributed by atoms with van der Waals surface area (Å²) in [5.41, 5.74) is 9.80. The van der Waals surface area contributed by atoms with Crippen molar-refractivity contribution >= 4 is 5.82 Å². The van der Waals surface area contributed by atoms with E-state index < -0.39 is 11.6 Å². The lowest BCUT2D eigenvalue weighted by Crippen LogP contribution is -2.30. The van der Waals surface area contributed by atoms with Crippen LogP contribution in [-0.2, 0) is 13.5 Å². The van der Waals surface area contributed by atoms with Gasteiger partial charge in [-0.25, -0.2) is 8.78 Å². The molecule has 0 bridgehead atoms. The molecule has 0 spiro atoms. The van der Waals surface area contributed by atoms with Gasteiger partial charge in [-0.05, 0) is 24.1 Å². The van der Waals surface area contributed by atoms with Crippen LogP contribution >= 0.6 is 0 Å². The van der Waals surface area contributed by atoms with Gasteiger partial charge < -0.3 is 5.73 Å². The molecule has 0 amide bonds. The zero-order valence-electron chi connectivity index (χ0n) is 10.4. The highest BCUT2D eigenvalue weighted by molar-refractivity contribution is 5.41. The van der Waals surface area contributed by atoms with Crippen LogP contribution in [0.3, 0.4) is 0 Å². The first kappa shape index (κ1) is 13.4. The molecule has 5 nitrogen and oxygen atoms in total. The lowest BCUT2D eigenvalue weighted by Gasteiger charge is -2.15. The summed E-state index contributed by atoms with van der Waals surface area (Å²) in [6.45, 7) is 0. The molecule has 0 fully saturated rings. The quantitative estimate of drug-likeness (QED) is 0.571. The number of halogens is 2. The summed E-state index contributed by atoms with van der Waals surface area (Å²) in [5, 5.41) is 4.02. The average Bonchev–Trinajstić information content (AvgIpc) is 2.72. The Morgan fingerprint density at radius 2 is 2.11 bits per heavy atom. The number of hydrogen-bond donors (Lipinski definition) is 3. The molecule has 1 atom stereocenters. The lowest BCUT2D eigenvalue weighted by molar-refractivity contribution is 0.502. The number of benzene rings is 1. The Morgan fingerprint density at radius 3 is 2.63 bits per heavy atom. The van der Waals surface area contributed by atoms with Crippen molar-refractivity contribution in [3.05, 3.63) is 47.2 Å². The Bertz CT molecular complexity index is 581. The van der Waals surface area contributed by atoms with Gasteiger partial charge in [-0.15, -0.1) is 0 Å². The summed E-state index contributed by atoms with van der Waals surface area (Å²) in [7, 11) is 1.71. The van der Waals surface area contributed by atoms with E-state index in [2.05, 4.69) is 10.5 Å². The second kappa shape index (κ2) is 5.33. The van der Waals surface area contributed by atoms with Gasteiger partial charge in [0.05, 0.1) is 12.2 Å². The van der Waals surface area contributed by atoms with Crippen LogP contribution in [0.4, 0.5) is 14.6 Å². The Labute approximate surface area is 109 Å². The van der Waals surface area contributed by atoms with Gasteiger partial charge in [0.1, 0.15) is 5.82 Å². The molecule has 0 aliphatic carbocycles. The van der Waals surface area contributed by atoms with Gasteiger partial charge in [0.2, 0.25) is 0 Å². The van der Waals surface area contributed by atoms with Crippen LogP contribution in [-0.4, -0.2) is 9.78 Å². The van der Waals surface area contributed by atoms with Gasteiger partial charge >= 0.3 is 0 Å². The van der Waals surface area contributed by atoms with E-state index in [0.717, 1.165) is 17.7 Å². The summed E-state index contributed by atoms with van der Waals surface area (Å²) in [4.78, 5) is 0. The Kier molecular flexibility index (Phi) is 3.77. The predicted molar refractivity (Wildman–Crippen MR) is 67.7 cm³/mol. The van der Waals surface area contributed by atoms with E-state index in [-0.39, 0.29) is 6.04 Å². The third-order valence-corrected chi connectivity index (χ3v) is 3.01. The molecular formula is C12H15F2N5. The molecule has 7 heteroatoms. The van der Waals surface area contributed by atoms with E-state index in [1.54, 1.807) is 13.2 Å². The molecule has 0 saturated heterocycles. The fourth-order valence-corrected chi connectivity index (χ4v) is 1.89. The van der Waals surface area contributed by atoms with Crippen molar-refractivity contribution in [2.75, 3.05) is 5.73 Å². The third kappa shape index (κ3) is 2.72. The molecule has 0 aliphatic rings. The van der Waals surface area contributed by atoms with Crippen LogP contribution in [0.5, 0.6) is 0 Å². The van der Waals surface area contributed by atoms with Crippen molar-refractivity contribution < 1.29 is 8.78 Å². The number of aromatic nitrogens is 2. The minimum atomic E-state index is -0.882. The van der Waals surface area contributed by atoms with Gasteiger partial charge in [-0.3, -0.25) is 16.0 Å². The van der Waals surface area contributed by atoms with Gasteiger partial charge in [0, 0.05) is 12.6 Å². The number of hydrazine groups is 1. The Balaban J connectivity index is 2.24. The maximum Gasteiger partial charge on any atom is 0.159 e. The zero-order chi connectivity index (χ0) is 14.0. The molecule has 0 aliphatic heterocycles. The highest BCUT2D eigenvalue weighted by Gasteiger charge is 2.17. The predicted octanol–water partition coefficient (Wildman–Crippen LogP) is 1.03.